The largest absolute Gasteiger partial charge is 0.385 e. The van der Waals surface area contributed by atoms with Crippen molar-refractivity contribution >= 4 is 0 Å². The van der Waals surface area contributed by atoms with Crippen LogP contribution >= 0.6 is 0 Å². The van der Waals surface area contributed by atoms with E-state index < -0.39 is 5.60 Å². The van der Waals surface area contributed by atoms with Crippen LogP contribution in [0.3, 0.4) is 0 Å². The molecule has 0 radical (unpaired) electrons. The van der Waals surface area contributed by atoms with Gasteiger partial charge in [-0.1, -0.05) is 6.07 Å². The summed E-state index contributed by atoms with van der Waals surface area (Å²) in [6.45, 7) is 2.04. The number of hydrogen-bond acceptors (Lipinski definition) is 2. The third-order valence-electron chi connectivity index (χ3n) is 4.47. The van der Waals surface area contributed by atoms with E-state index in [0.717, 1.165) is 42.2 Å². The minimum atomic E-state index is -0.607. The average Bonchev–Trinajstić information content (AvgIpc) is 3.13. The maximum absolute atomic E-state index is 10.9. The fourth-order valence-electron chi connectivity index (χ4n) is 3.34. The SMILES string of the molecule is Cc1cncc(C2(O)CCCC(C3CC3)C2)c1. The van der Waals surface area contributed by atoms with Crippen molar-refractivity contribution < 1.29 is 5.11 Å². The lowest BCUT2D eigenvalue weighted by Gasteiger charge is -2.37. The van der Waals surface area contributed by atoms with E-state index in [1.807, 2.05) is 19.3 Å². The van der Waals surface area contributed by atoms with Gasteiger partial charge in [0.05, 0.1) is 5.60 Å². The predicted octanol–water partition coefficient (Wildman–Crippen LogP) is 3.18. The molecule has 2 atom stereocenters. The molecular weight excluding hydrogens is 210 g/mol. The molecule has 92 valence electrons. The summed E-state index contributed by atoms with van der Waals surface area (Å²) < 4.78 is 0. The van der Waals surface area contributed by atoms with Gasteiger partial charge in [-0.15, -0.1) is 0 Å². The molecule has 0 amide bonds. The number of rotatable bonds is 2. The van der Waals surface area contributed by atoms with Crippen LogP contribution in [0, 0.1) is 18.8 Å². The van der Waals surface area contributed by atoms with Crippen molar-refractivity contribution in [2.75, 3.05) is 0 Å². The lowest BCUT2D eigenvalue weighted by atomic mass is 9.73. The molecule has 2 heteroatoms. The van der Waals surface area contributed by atoms with Crippen molar-refractivity contribution in [1.29, 1.82) is 0 Å². The van der Waals surface area contributed by atoms with Gasteiger partial charge in [-0.25, -0.2) is 0 Å². The van der Waals surface area contributed by atoms with Crippen molar-refractivity contribution in [3.8, 4) is 0 Å². The molecule has 2 fully saturated rings. The minimum Gasteiger partial charge on any atom is -0.385 e. The van der Waals surface area contributed by atoms with E-state index in [4.69, 9.17) is 0 Å². The fourth-order valence-corrected chi connectivity index (χ4v) is 3.34. The Morgan fingerprint density at radius 3 is 2.76 bits per heavy atom. The lowest BCUT2D eigenvalue weighted by Crippen LogP contribution is -2.33. The van der Waals surface area contributed by atoms with Crippen molar-refractivity contribution in [1.82, 2.24) is 4.98 Å². The van der Waals surface area contributed by atoms with E-state index in [1.54, 1.807) is 0 Å². The Bertz CT molecular complexity index is 413. The molecule has 0 saturated heterocycles. The summed E-state index contributed by atoms with van der Waals surface area (Å²) in [5.74, 6) is 1.65. The molecule has 0 aromatic carbocycles. The topological polar surface area (TPSA) is 33.1 Å². The quantitative estimate of drug-likeness (QED) is 0.848. The van der Waals surface area contributed by atoms with Gasteiger partial charge in [-0.2, -0.15) is 0 Å². The first-order valence-corrected chi connectivity index (χ1v) is 6.82. The Kier molecular flexibility index (Phi) is 2.70. The Morgan fingerprint density at radius 1 is 1.24 bits per heavy atom. The highest BCUT2D eigenvalue weighted by Crippen LogP contribution is 2.49. The summed E-state index contributed by atoms with van der Waals surface area (Å²) in [7, 11) is 0. The van der Waals surface area contributed by atoms with E-state index >= 15 is 0 Å². The molecule has 1 heterocycles. The normalized spacial score (nSPS) is 33.6. The highest BCUT2D eigenvalue weighted by atomic mass is 16.3. The maximum atomic E-state index is 10.9. The standard InChI is InChI=1S/C15H21NO/c1-11-7-14(10-16-9-11)15(17)6-2-3-13(8-15)12-4-5-12/h7,9-10,12-13,17H,2-6,8H2,1H3. The minimum absolute atomic E-state index is 0.607. The number of aliphatic hydroxyl groups is 1. The first-order valence-electron chi connectivity index (χ1n) is 6.82. The number of nitrogens with zero attached hydrogens (tertiary/aromatic N) is 1. The van der Waals surface area contributed by atoms with Crippen LogP contribution < -0.4 is 0 Å². The highest BCUT2D eigenvalue weighted by Gasteiger charge is 2.41. The number of pyridine rings is 1. The van der Waals surface area contributed by atoms with Crippen LogP contribution in [0.15, 0.2) is 18.5 Å². The Morgan fingerprint density at radius 2 is 2.06 bits per heavy atom. The predicted molar refractivity (Wildman–Crippen MR) is 67.6 cm³/mol. The number of hydrogen-bond donors (Lipinski definition) is 1. The van der Waals surface area contributed by atoms with Crippen LogP contribution in [0.5, 0.6) is 0 Å². The first kappa shape index (κ1) is 11.2. The zero-order chi connectivity index (χ0) is 11.9. The summed E-state index contributed by atoms with van der Waals surface area (Å²) in [6.07, 6.45) is 10.8. The van der Waals surface area contributed by atoms with Crippen LogP contribution in [-0.2, 0) is 5.60 Å². The Balaban J connectivity index is 1.83. The highest BCUT2D eigenvalue weighted by molar-refractivity contribution is 5.24. The third-order valence-corrected chi connectivity index (χ3v) is 4.47. The average molecular weight is 231 g/mol. The molecule has 0 spiro atoms. The van der Waals surface area contributed by atoms with Crippen LogP contribution in [0.2, 0.25) is 0 Å². The second-order valence-electron chi connectivity index (χ2n) is 5.98. The molecule has 2 unspecified atom stereocenters. The third kappa shape index (κ3) is 2.23. The summed E-state index contributed by atoms with van der Waals surface area (Å²) in [6, 6.07) is 2.10. The molecule has 1 N–H and O–H groups in total. The van der Waals surface area contributed by atoms with Crippen molar-refractivity contribution in [3.63, 3.8) is 0 Å². The van der Waals surface area contributed by atoms with E-state index in [0.29, 0.717) is 0 Å². The molecule has 2 nitrogen and oxygen atoms in total. The second kappa shape index (κ2) is 4.09. The smallest absolute Gasteiger partial charge is 0.0914 e. The van der Waals surface area contributed by atoms with Crippen LogP contribution in [-0.4, -0.2) is 10.1 Å². The lowest BCUT2D eigenvalue weighted by molar-refractivity contribution is -0.0254. The zero-order valence-corrected chi connectivity index (χ0v) is 10.5. The number of aromatic nitrogens is 1. The van der Waals surface area contributed by atoms with E-state index in [2.05, 4.69) is 11.1 Å². The molecule has 17 heavy (non-hydrogen) atoms. The summed E-state index contributed by atoms with van der Waals surface area (Å²) in [5.41, 5.74) is 1.57. The van der Waals surface area contributed by atoms with Crippen LogP contribution in [0.4, 0.5) is 0 Å². The van der Waals surface area contributed by atoms with Crippen molar-refractivity contribution in [3.05, 3.63) is 29.6 Å². The van der Waals surface area contributed by atoms with Crippen LogP contribution in [0.1, 0.15) is 49.7 Å². The maximum Gasteiger partial charge on any atom is 0.0914 e. The van der Waals surface area contributed by atoms with Gasteiger partial charge >= 0.3 is 0 Å². The molecule has 2 aliphatic carbocycles. The van der Waals surface area contributed by atoms with E-state index in [1.165, 1.54) is 19.3 Å². The first-order chi connectivity index (χ1) is 8.17. The van der Waals surface area contributed by atoms with Gasteiger partial charge in [-0.05, 0) is 62.8 Å². The zero-order valence-electron chi connectivity index (χ0n) is 10.5. The molecule has 1 aromatic heterocycles. The molecule has 3 rings (SSSR count). The van der Waals surface area contributed by atoms with Gasteiger partial charge in [0.2, 0.25) is 0 Å². The Hall–Kier alpha value is -0.890. The summed E-state index contributed by atoms with van der Waals surface area (Å²) in [4.78, 5) is 4.23. The number of aryl methyl sites for hydroxylation is 1. The van der Waals surface area contributed by atoms with Gasteiger partial charge in [0.1, 0.15) is 0 Å². The molecule has 0 aliphatic heterocycles. The fraction of sp³-hybridized carbons (Fsp3) is 0.667. The molecule has 0 bridgehead atoms. The van der Waals surface area contributed by atoms with Gasteiger partial charge < -0.3 is 5.11 Å². The second-order valence-corrected chi connectivity index (χ2v) is 5.98. The van der Waals surface area contributed by atoms with Gasteiger partial charge in [-0.3, -0.25) is 4.98 Å². The van der Waals surface area contributed by atoms with E-state index in [-0.39, 0.29) is 0 Å². The van der Waals surface area contributed by atoms with Gasteiger partial charge in [0, 0.05) is 18.0 Å². The van der Waals surface area contributed by atoms with E-state index in [9.17, 15) is 5.11 Å². The summed E-state index contributed by atoms with van der Waals surface area (Å²) >= 11 is 0. The Labute approximate surface area is 103 Å². The van der Waals surface area contributed by atoms with Crippen molar-refractivity contribution in [2.24, 2.45) is 11.8 Å². The van der Waals surface area contributed by atoms with Gasteiger partial charge in [0.25, 0.3) is 0 Å². The monoisotopic (exact) mass is 231 g/mol. The molecular formula is C15H21NO. The molecule has 2 aliphatic rings. The molecule has 1 aromatic rings. The molecule has 2 saturated carbocycles. The summed E-state index contributed by atoms with van der Waals surface area (Å²) in [5, 5.41) is 10.9. The van der Waals surface area contributed by atoms with Crippen LogP contribution in [0.25, 0.3) is 0 Å². The van der Waals surface area contributed by atoms with Crippen molar-refractivity contribution in [2.45, 2.75) is 51.0 Å². The van der Waals surface area contributed by atoms with Gasteiger partial charge in [0.15, 0.2) is 0 Å².